The number of phenolic OH excluding ortho intramolecular Hbond substituents is 1. The van der Waals surface area contributed by atoms with Crippen molar-refractivity contribution in [2.75, 3.05) is 5.43 Å². The Labute approximate surface area is 108 Å². The first kappa shape index (κ1) is 11.9. The Hall–Kier alpha value is -1.59. The van der Waals surface area contributed by atoms with Crippen LogP contribution in [0.15, 0.2) is 28.7 Å². The number of halogens is 1. The first-order chi connectivity index (χ1) is 8.15. The van der Waals surface area contributed by atoms with Gasteiger partial charge in [-0.3, -0.25) is 5.43 Å². The summed E-state index contributed by atoms with van der Waals surface area (Å²) in [5, 5.41) is 16.3. The lowest BCUT2D eigenvalue weighted by Crippen LogP contribution is -1.90. The SMILES string of the molecule is Cc1csc(NN=Cc2ccc(O)cc2Cl)n1. The Kier molecular flexibility index (Phi) is 3.61. The maximum Gasteiger partial charge on any atom is 0.203 e. The fraction of sp³-hybridized carbons (Fsp3) is 0.0909. The van der Waals surface area contributed by atoms with Crippen LogP contribution in [0.5, 0.6) is 5.75 Å². The van der Waals surface area contributed by atoms with Gasteiger partial charge in [-0.05, 0) is 25.1 Å². The molecule has 2 aromatic rings. The number of rotatable bonds is 3. The molecule has 0 unspecified atom stereocenters. The second kappa shape index (κ2) is 5.16. The Morgan fingerprint density at radius 2 is 2.35 bits per heavy atom. The van der Waals surface area contributed by atoms with Crippen LogP contribution in [0.25, 0.3) is 0 Å². The molecule has 0 amide bonds. The van der Waals surface area contributed by atoms with Crippen molar-refractivity contribution in [2.24, 2.45) is 5.10 Å². The van der Waals surface area contributed by atoms with E-state index in [-0.39, 0.29) is 5.75 Å². The van der Waals surface area contributed by atoms with Gasteiger partial charge in [0.25, 0.3) is 0 Å². The van der Waals surface area contributed by atoms with E-state index >= 15 is 0 Å². The number of aryl methyl sites for hydroxylation is 1. The van der Waals surface area contributed by atoms with Gasteiger partial charge in [0.1, 0.15) is 5.75 Å². The van der Waals surface area contributed by atoms with Crippen LogP contribution in [0, 0.1) is 6.92 Å². The van der Waals surface area contributed by atoms with Crippen LogP contribution >= 0.6 is 22.9 Å². The third-order valence-corrected chi connectivity index (χ3v) is 3.16. The van der Waals surface area contributed by atoms with E-state index in [4.69, 9.17) is 11.6 Å². The predicted molar refractivity (Wildman–Crippen MR) is 71.2 cm³/mol. The minimum atomic E-state index is 0.135. The Balaban J connectivity index is 2.05. The van der Waals surface area contributed by atoms with Gasteiger partial charge in [0.15, 0.2) is 0 Å². The predicted octanol–water partition coefficient (Wildman–Crippen LogP) is 3.26. The molecular weight excluding hydrogens is 258 g/mol. The number of nitrogens with one attached hydrogen (secondary N) is 1. The van der Waals surface area contributed by atoms with E-state index in [1.54, 1.807) is 18.3 Å². The number of benzene rings is 1. The van der Waals surface area contributed by atoms with Crippen LogP contribution < -0.4 is 5.43 Å². The molecule has 0 saturated heterocycles. The molecule has 0 radical (unpaired) electrons. The van der Waals surface area contributed by atoms with Crippen LogP contribution in [0.2, 0.25) is 5.02 Å². The van der Waals surface area contributed by atoms with Crippen molar-refractivity contribution in [3.63, 3.8) is 0 Å². The molecule has 0 spiro atoms. The molecular formula is C11H10ClN3OS. The molecule has 0 saturated carbocycles. The van der Waals surface area contributed by atoms with Gasteiger partial charge in [-0.1, -0.05) is 11.6 Å². The minimum absolute atomic E-state index is 0.135. The summed E-state index contributed by atoms with van der Waals surface area (Å²) in [6.07, 6.45) is 1.58. The normalized spacial score (nSPS) is 10.9. The lowest BCUT2D eigenvalue weighted by atomic mass is 10.2. The number of anilines is 1. The molecule has 88 valence electrons. The highest BCUT2D eigenvalue weighted by atomic mass is 35.5. The number of aromatic nitrogens is 1. The summed E-state index contributed by atoms with van der Waals surface area (Å²) in [6.45, 7) is 1.92. The quantitative estimate of drug-likeness (QED) is 0.663. The van der Waals surface area contributed by atoms with E-state index in [9.17, 15) is 5.11 Å². The van der Waals surface area contributed by atoms with Crippen LogP contribution in [0.4, 0.5) is 5.13 Å². The van der Waals surface area contributed by atoms with Crippen molar-refractivity contribution in [3.8, 4) is 5.75 Å². The number of nitrogens with zero attached hydrogens (tertiary/aromatic N) is 2. The molecule has 6 heteroatoms. The molecule has 0 fully saturated rings. The molecule has 2 rings (SSSR count). The largest absolute Gasteiger partial charge is 0.508 e. The first-order valence-electron chi connectivity index (χ1n) is 4.85. The van der Waals surface area contributed by atoms with Gasteiger partial charge in [0.05, 0.1) is 16.9 Å². The smallest absolute Gasteiger partial charge is 0.203 e. The van der Waals surface area contributed by atoms with E-state index in [1.807, 2.05) is 12.3 Å². The highest BCUT2D eigenvalue weighted by molar-refractivity contribution is 7.13. The maximum absolute atomic E-state index is 9.19. The molecule has 17 heavy (non-hydrogen) atoms. The van der Waals surface area contributed by atoms with Gasteiger partial charge >= 0.3 is 0 Å². The monoisotopic (exact) mass is 267 g/mol. The van der Waals surface area contributed by atoms with E-state index in [0.29, 0.717) is 5.02 Å². The molecule has 4 nitrogen and oxygen atoms in total. The fourth-order valence-electron chi connectivity index (χ4n) is 1.18. The number of phenols is 1. The molecule has 1 heterocycles. The van der Waals surface area contributed by atoms with Crippen molar-refractivity contribution in [1.82, 2.24) is 4.98 Å². The number of aromatic hydroxyl groups is 1. The summed E-state index contributed by atoms with van der Waals surface area (Å²) in [7, 11) is 0. The van der Waals surface area contributed by atoms with E-state index < -0.39 is 0 Å². The molecule has 0 aliphatic carbocycles. The van der Waals surface area contributed by atoms with Crippen LogP contribution in [-0.2, 0) is 0 Å². The second-order valence-corrected chi connectivity index (χ2v) is 4.64. The van der Waals surface area contributed by atoms with Gasteiger partial charge in [-0.15, -0.1) is 11.3 Å². The Morgan fingerprint density at radius 1 is 1.53 bits per heavy atom. The van der Waals surface area contributed by atoms with E-state index in [0.717, 1.165) is 16.4 Å². The summed E-state index contributed by atoms with van der Waals surface area (Å²) in [4.78, 5) is 4.20. The fourth-order valence-corrected chi connectivity index (χ4v) is 2.04. The van der Waals surface area contributed by atoms with Gasteiger partial charge in [0.2, 0.25) is 5.13 Å². The molecule has 1 aromatic carbocycles. The van der Waals surface area contributed by atoms with Gasteiger partial charge in [0, 0.05) is 10.9 Å². The molecule has 0 bridgehead atoms. The number of hydrogen-bond acceptors (Lipinski definition) is 5. The summed E-state index contributed by atoms with van der Waals surface area (Å²) >= 11 is 7.41. The number of thiazole rings is 1. The van der Waals surface area contributed by atoms with Crippen molar-refractivity contribution in [1.29, 1.82) is 0 Å². The lowest BCUT2D eigenvalue weighted by molar-refractivity contribution is 0.475. The highest BCUT2D eigenvalue weighted by Gasteiger charge is 1.99. The number of hydrazone groups is 1. The lowest BCUT2D eigenvalue weighted by Gasteiger charge is -1.98. The average molecular weight is 268 g/mol. The Morgan fingerprint density at radius 3 is 3.00 bits per heavy atom. The zero-order valence-corrected chi connectivity index (χ0v) is 10.6. The average Bonchev–Trinajstić information content (AvgIpc) is 2.68. The standard InChI is InChI=1S/C11H10ClN3OS/c1-7-6-17-11(14-7)15-13-5-8-2-3-9(16)4-10(8)12/h2-6,16H,1H3,(H,14,15). The van der Waals surface area contributed by atoms with E-state index in [1.165, 1.54) is 17.4 Å². The molecule has 2 N–H and O–H groups in total. The van der Waals surface area contributed by atoms with Gasteiger partial charge in [-0.25, -0.2) is 4.98 Å². The summed E-state index contributed by atoms with van der Waals surface area (Å²) in [5.41, 5.74) is 4.49. The van der Waals surface area contributed by atoms with Crippen molar-refractivity contribution in [3.05, 3.63) is 39.9 Å². The summed E-state index contributed by atoms with van der Waals surface area (Å²) in [6, 6.07) is 4.72. The van der Waals surface area contributed by atoms with Gasteiger partial charge in [-0.2, -0.15) is 5.10 Å². The van der Waals surface area contributed by atoms with Crippen LogP contribution in [0.1, 0.15) is 11.3 Å². The molecule has 0 aliphatic heterocycles. The molecule has 0 atom stereocenters. The van der Waals surface area contributed by atoms with Crippen LogP contribution in [0.3, 0.4) is 0 Å². The zero-order valence-electron chi connectivity index (χ0n) is 9.01. The minimum Gasteiger partial charge on any atom is -0.508 e. The molecule has 1 aromatic heterocycles. The van der Waals surface area contributed by atoms with Crippen molar-refractivity contribution < 1.29 is 5.11 Å². The zero-order chi connectivity index (χ0) is 12.3. The van der Waals surface area contributed by atoms with Crippen LogP contribution in [-0.4, -0.2) is 16.3 Å². The maximum atomic E-state index is 9.19. The molecule has 0 aliphatic rings. The third kappa shape index (κ3) is 3.18. The van der Waals surface area contributed by atoms with Crippen molar-refractivity contribution >= 4 is 34.3 Å². The highest BCUT2D eigenvalue weighted by Crippen LogP contribution is 2.20. The number of hydrogen-bond donors (Lipinski definition) is 2. The van der Waals surface area contributed by atoms with Crippen molar-refractivity contribution in [2.45, 2.75) is 6.92 Å². The van der Waals surface area contributed by atoms with E-state index in [2.05, 4.69) is 15.5 Å². The Bertz CT molecular complexity index is 553. The summed E-state index contributed by atoms with van der Waals surface area (Å²) < 4.78 is 0. The third-order valence-electron chi connectivity index (χ3n) is 1.97. The second-order valence-electron chi connectivity index (χ2n) is 3.37. The first-order valence-corrected chi connectivity index (χ1v) is 6.10. The summed E-state index contributed by atoms with van der Waals surface area (Å²) in [5.74, 6) is 0.135. The van der Waals surface area contributed by atoms with Gasteiger partial charge < -0.3 is 5.11 Å². The topological polar surface area (TPSA) is 57.5 Å².